The SMILES string of the molecule is CC(=O)Nc1ncc(Br)cc1NC(c1ncccc1F)c1ncccc1F. The van der Waals surface area contributed by atoms with Gasteiger partial charge in [0, 0.05) is 30.0 Å². The van der Waals surface area contributed by atoms with Crippen molar-refractivity contribution in [2.24, 2.45) is 0 Å². The number of nitrogens with one attached hydrogen (secondary N) is 2. The fourth-order valence-electron chi connectivity index (χ4n) is 2.46. The number of rotatable bonds is 5. The first-order valence-corrected chi connectivity index (χ1v) is 8.65. The molecule has 0 atom stereocenters. The van der Waals surface area contributed by atoms with Crippen molar-refractivity contribution in [2.75, 3.05) is 10.6 Å². The molecule has 0 bridgehead atoms. The Labute approximate surface area is 162 Å². The highest BCUT2D eigenvalue weighted by atomic mass is 79.9. The van der Waals surface area contributed by atoms with Crippen LogP contribution in [0.25, 0.3) is 0 Å². The second-order valence-corrected chi connectivity index (χ2v) is 6.46. The summed E-state index contributed by atoms with van der Waals surface area (Å²) in [5.74, 6) is -1.37. The summed E-state index contributed by atoms with van der Waals surface area (Å²) in [6.07, 6.45) is 4.30. The number of hydrogen-bond donors (Lipinski definition) is 2. The smallest absolute Gasteiger partial charge is 0.222 e. The van der Waals surface area contributed by atoms with Gasteiger partial charge in [-0.25, -0.2) is 13.8 Å². The summed E-state index contributed by atoms with van der Waals surface area (Å²) in [7, 11) is 0. The van der Waals surface area contributed by atoms with Crippen LogP contribution in [0, 0.1) is 11.6 Å². The maximum atomic E-state index is 14.4. The molecule has 0 radical (unpaired) electrons. The number of pyridine rings is 3. The van der Waals surface area contributed by atoms with E-state index in [1.54, 1.807) is 6.07 Å². The van der Waals surface area contributed by atoms with Gasteiger partial charge >= 0.3 is 0 Å². The van der Waals surface area contributed by atoms with E-state index in [0.29, 0.717) is 10.2 Å². The van der Waals surface area contributed by atoms with Gasteiger partial charge in [-0.1, -0.05) is 0 Å². The Morgan fingerprint density at radius 2 is 1.67 bits per heavy atom. The lowest BCUT2D eigenvalue weighted by atomic mass is 10.1. The zero-order valence-corrected chi connectivity index (χ0v) is 15.7. The van der Waals surface area contributed by atoms with Gasteiger partial charge in [-0.2, -0.15) is 0 Å². The van der Waals surface area contributed by atoms with Crippen LogP contribution in [-0.4, -0.2) is 20.9 Å². The van der Waals surface area contributed by atoms with Crippen molar-refractivity contribution in [1.29, 1.82) is 0 Å². The molecule has 2 N–H and O–H groups in total. The molecule has 0 aliphatic rings. The normalized spacial score (nSPS) is 10.7. The number of carbonyl (C=O) groups is 1. The van der Waals surface area contributed by atoms with E-state index < -0.39 is 17.7 Å². The predicted octanol–water partition coefficient (Wildman–Crippen LogP) is 4.07. The highest BCUT2D eigenvalue weighted by molar-refractivity contribution is 9.10. The molecule has 3 rings (SSSR count). The maximum Gasteiger partial charge on any atom is 0.222 e. The van der Waals surface area contributed by atoms with Crippen LogP contribution < -0.4 is 10.6 Å². The van der Waals surface area contributed by atoms with Gasteiger partial charge < -0.3 is 10.6 Å². The third-order valence-electron chi connectivity index (χ3n) is 3.57. The first-order chi connectivity index (χ1) is 13.0. The Kier molecular flexibility index (Phi) is 5.70. The molecular weight excluding hydrogens is 420 g/mol. The number of anilines is 2. The van der Waals surface area contributed by atoms with E-state index in [1.165, 1.54) is 49.8 Å². The van der Waals surface area contributed by atoms with Crippen molar-refractivity contribution in [2.45, 2.75) is 13.0 Å². The third kappa shape index (κ3) is 4.43. The largest absolute Gasteiger partial charge is 0.368 e. The Morgan fingerprint density at radius 3 is 2.19 bits per heavy atom. The van der Waals surface area contributed by atoms with Gasteiger partial charge in [0.05, 0.1) is 5.69 Å². The first-order valence-electron chi connectivity index (χ1n) is 7.86. The lowest BCUT2D eigenvalue weighted by molar-refractivity contribution is -0.114. The molecule has 3 aromatic heterocycles. The molecule has 0 aromatic carbocycles. The minimum Gasteiger partial charge on any atom is -0.368 e. The van der Waals surface area contributed by atoms with E-state index in [-0.39, 0.29) is 23.1 Å². The third-order valence-corrected chi connectivity index (χ3v) is 4.00. The Hall–Kier alpha value is -2.94. The van der Waals surface area contributed by atoms with E-state index >= 15 is 0 Å². The van der Waals surface area contributed by atoms with Crippen LogP contribution in [-0.2, 0) is 4.79 Å². The molecule has 138 valence electrons. The zero-order chi connectivity index (χ0) is 19.4. The molecule has 27 heavy (non-hydrogen) atoms. The summed E-state index contributed by atoms with van der Waals surface area (Å²) < 4.78 is 29.4. The topological polar surface area (TPSA) is 79.8 Å². The van der Waals surface area contributed by atoms with Crippen molar-refractivity contribution >= 4 is 33.3 Å². The second kappa shape index (κ2) is 8.17. The van der Waals surface area contributed by atoms with Gasteiger partial charge in [-0.05, 0) is 46.3 Å². The Morgan fingerprint density at radius 1 is 1.07 bits per heavy atom. The molecule has 0 fully saturated rings. The number of halogens is 3. The van der Waals surface area contributed by atoms with Gasteiger partial charge in [0.25, 0.3) is 0 Å². The molecule has 0 aliphatic carbocycles. The standard InChI is InChI=1S/C18H14BrF2N5O/c1-10(27)25-18-14(8-11(19)9-24-18)26-17(15-12(20)4-2-6-22-15)16-13(21)5-3-7-23-16/h2-9,17,26H,1H3,(H,24,25,27). The fraction of sp³-hybridized carbons (Fsp3) is 0.111. The van der Waals surface area contributed by atoms with Crippen molar-refractivity contribution in [3.63, 3.8) is 0 Å². The highest BCUT2D eigenvalue weighted by Crippen LogP contribution is 2.31. The van der Waals surface area contributed by atoms with Crippen molar-refractivity contribution in [1.82, 2.24) is 15.0 Å². The molecule has 6 nitrogen and oxygen atoms in total. The average Bonchev–Trinajstić information content (AvgIpc) is 2.63. The molecule has 9 heteroatoms. The van der Waals surface area contributed by atoms with E-state index in [9.17, 15) is 13.6 Å². The van der Waals surface area contributed by atoms with Crippen LogP contribution in [0.5, 0.6) is 0 Å². The first kappa shape index (κ1) is 18.8. The number of nitrogens with zero attached hydrogens (tertiary/aromatic N) is 3. The van der Waals surface area contributed by atoms with Gasteiger partial charge in [0.1, 0.15) is 29.1 Å². The molecule has 0 unspecified atom stereocenters. The number of carbonyl (C=O) groups excluding carboxylic acids is 1. The van der Waals surface area contributed by atoms with Crippen LogP contribution in [0.15, 0.2) is 53.4 Å². The van der Waals surface area contributed by atoms with E-state index in [4.69, 9.17) is 0 Å². The average molecular weight is 434 g/mol. The minimum absolute atomic E-state index is 0.0381. The van der Waals surface area contributed by atoms with Crippen LogP contribution in [0.4, 0.5) is 20.3 Å². The summed E-state index contributed by atoms with van der Waals surface area (Å²) in [4.78, 5) is 23.7. The lowest BCUT2D eigenvalue weighted by Crippen LogP contribution is -2.20. The summed E-state index contributed by atoms with van der Waals surface area (Å²) >= 11 is 3.30. The molecule has 0 spiro atoms. The van der Waals surface area contributed by atoms with Crippen LogP contribution in [0.2, 0.25) is 0 Å². The van der Waals surface area contributed by atoms with Gasteiger partial charge in [-0.3, -0.25) is 14.8 Å². The van der Waals surface area contributed by atoms with Crippen molar-refractivity contribution in [3.05, 3.63) is 76.4 Å². The molecule has 0 saturated heterocycles. The fourth-order valence-corrected chi connectivity index (χ4v) is 2.79. The van der Waals surface area contributed by atoms with Gasteiger partial charge in [0.15, 0.2) is 5.82 Å². The number of aromatic nitrogens is 3. The minimum atomic E-state index is -1.05. The van der Waals surface area contributed by atoms with Gasteiger partial charge in [0.2, 0.25) is 5.91 Å². The predicted molar refractivity (Wildman–Crippen MR) is 100 cm³/mol. The van der Waals surface area contributed by atoms with Crippen LogP contribution >= 0.6 is 15.9 Å². The quantitative estimate of drug-likeness (QED) is 0.633. The van der Waals surface area contributed by atoms with Crippen molar-refractivity contribution in [3.8, 4) is 0 Å². The summed E-state index contributed by atoms with van der Waals surface area (Å²) in [6, 6.07) is 5.92. The van der Waals surface area contributed by atoms with E-state index in [2.05, 4.69) is 41.5 Å². The summed E-state index contributed by atoms with van der Waals surface area (Å²) in [5, 5.41) is 5.57. The maximum absolute atomic E-state index is 14.4. The molecule has 1 amide bonds. The summed E-state index contributed by atoms with van der Waals surface area (Å²) in [6.45, 7) is 1.34. The molecule has 3 heterocycles. The molecule has 0 aliphatic heterocycles. The van der Waals surface area contributed by atoms with Crippen LogP contribution in [0.1, 0.15) is 24.4 Å². The monoisotopic (exact) mass is 433 g/mol. The summed E-state index contributed by atoms with van der Waals surface area (Å²) in [5.41, 5.74) is 0.271. The van der Waals surface area contributed by atoms with E-state index in [1.807, 2.05) is 0 Å². The van der Waals surface area contributed by atoms with E-state index in [0.717, 1.165) is 0 Å². The lowest BCUT2D eigenvalue weighted by Gasteiger charge is -2.21. The number of amides is 1. The van der Waals surface area contributed by atoms with Crippen LogP contribution in [0.3, 0.4) is 0 Å². The molecule has 0 saturated carbocycles. The molecule has 3 aromatic rings. The number of hydrogen-bond acceptors (Lipinski definition) is 5. The highest BCUT2D eigenvalue weighted by Gasteiger charge is 2.25. The Balaban J connectivity index is 2.11. The molecular formula is C18H14BrF2N5O. The Bertz CT molecular complexity index is 940. The zero-order valence-electron chi connectivity index (χ0n) is 14.1. The second-order valence-electron chi connectivity index (χ2n) is 5.55. The van der Waals surface area contributed by atoms with Crippen molar-refractivity contribution < 1.29 is 13.6 Å². The van der Waals surface area contributed by atoms with Gasteiger partial charge in [-0.15, -0.1) is 0 Å².